The molecule has 1 aliphatic carbocycles. The van der Waals surface area contributed by atoms with E-state index >= 15 is 0 Å². The molecule has 1 aromatic heterocycles. The van der Waals surface area contributed by atoms with Gasteiger partial charge in [0.05, 0.1) is 11.1 Å². The quantitative estimate of drug-likeness (QED) is 0.702. The molecule has 2 aromatic rings. The fourth-order valence-corrected chi connectivity index (χ4v) is 4.69. The van der Waals surface area contributed by atoms with Gasteiger partial charge in [-0.1, -0.05) is 19.3 Å². The van der Waals surface area contributed by atoms with Crippen molar-refractivity contribution >= 4 is 27.5 Å². The maximum atomic E-state index is 11.7. The lowest BCUT2D eigenvalue weighted by Gasteiger charge is -2.23. The number of nitrogens with zero attached hydrogens (tertiary/aromatic N) is 3. The summed E-state index contributed by atoms with van der Waals surface area (Å²) >= 11 is 0. The van der Waals surface area contributed by atoms with Gasteiger partial charge >= 0.3 is 0 Å². The molecule has 1 fully saturated rings. The lowest BCUT2D eigenvalue weighted by Crippen LogP contribution is -2.23. The second-order valence-electron chi connectivity index (χ2n) is 7.16. The summed E-state index contributed by atoms with van der Waals surface area (Å²) in [4.78, 5) is 8.79. The van der Waals surface area contributed by atoms with E-state index in [4.69, 9.17) is 5.14 Å². The molecule has 1 heterocycles. The predicted octanol–water partition coefficient (Wildman–Crippen LogP) is 3.10. The fraction of sp³-hybridized carbons (Fsp3) is 0.421. The predicted molar refractivity (Wildman–Crippen MR) is 108 cm³/mol. The molecule has 9 heteroatoms. The van der Waals surface area contributed by atoms with E-state index in [9.17, 15) is 13.7 Å². The van der Waals surface area contributed by atoms with Crippen LogP contribution in [0.2, 0.25) is 0 Å². The van der Waals surface area contributed by atoms with Crippen LogP contribution in [0.4, 0.5) is 17.5 Å². The smallest absolute Gasteiger partial charge is 0.238 e. The highest BCUT2D eigenvalue weighted by atomic mass is 32.2. The molecule has 1 saturated carbocycles. The third-order valence-corrected chi connectivity index (χ3v) is 6.07. The van der Waals surface area contributed by atoms with Gasteiger partial charge < -0.3 is 10.6 Å². The van der Waals surface area contributed by atoms with Crippen molar-refractivity contribution in [2.45, 2.75) is 56.9 Å². The number of aryl methyl sites for hydroxylation is 2. The molecule has 0 amide bonds. The number of nitrogens with two attached hydrogens (primary N) is 1. The highest BCUT2D eigenvalue weighted by Gasteiger charge is 2.18. The first kappa shape index (κ1) is 20.0. The van der Waals surface area contributed by atoms with E-state index in [2.05, 4.69) is 26.7 Å². The monoisotopic (exact) mass is 400 g/mol. The summed E-state index contributed by atoms with van der Waals surface area (Å²) < 4.78 is 23.5. The van der Waals surface area contributed by atoms with Crippen LogP contribution < -0.4 is 15.8 Å². The van der Waals surface area contributed by atoms with Gasteiger partial charge in [-0.25, -0.2) is 18.5 Å². The number of hydrogen-bond donors (Lipinski definition) is 3. The van der Waals surface area contributed by atoms with Crippen LogP contribution in [-0.4, -0.2) is 24.4 Å². The van der Waals surface area contributed by atoms with E-state index in [0.717, 1.165) is 12.8 Å². The average Bonchev–Trinajstić information content (AvgIpc) is 2.61. The number of benzene rings is 1. The SMILES string of the molecule is Cc1cc(Nc2ncc(C#N)c(NC3CCCCC3)n2)cc(C)c1S(N)(=O)=O. The Labute approximate surface area is 165 Å². The van der Waals surface area contributed by atoms with Crippen LogP contribution in [0.25, 0.3) is 0 Å². The highest BCUT2D eigenvalue weighted by molar-refractivity contribution is 7.89. The van der Waals surface area contributed by atoms with Crippen LogP contribution in [-0.2, 0) is 10.0 Å². The van der Waals surface area contributed by atoms with Crippen molar-refractivity contribution in [2.75, 3.05) is 10.6 Å². The lowest BCUT2D eigenvalue weighted by atomic mass is 9.95. The number of primary sulfonamides is 1. The van der Waals surface area contributed by atoms with E-state index in [1.807, 2.05) is 0 Å². The number of sulfonamides is 1. The molecule has 0 atom stereocenters. The molecular formula is C19H24N6O2S. The molecule has 28 heavy (non-hydrogen) atoms. The Morgan fingerprint density at radius 2 is 1.82 bits per heavy atom. The zero-order chi connectivity index (χ0) is 20.3. The molecular weight excluding hydrogens is 376 g/mol. The summed E-state index contributed by atoms with van der Waals surface area (Å²) in [5.74, 6) is 0.848. The van der Waals surface area contributed by atoms with Gasteiger partial charge in [-0.3, -0.25) is 0 Å². The minimum atomic E-state index is -3.79. The second-order valence-corrected chi connectivity index (χ2v) is 8.65. The number of nitrogens with one attached hydrogen (secondary N) is 2. The summed E-state index contributed by atoms with van der Waals surface area (Å²) in [6.07, 6.45) is 7.19. The van der Waals surface area contributed by atoms with Gasteiger partial charge in [-0.05, 0) is 49.9 Å². The maximum absolute atomic E-state index is 11.7. The minimum absolute atomic E-state index is 0.124. The van der Waals surface area contributed by atoms with Gasteiger partial charge in [-0.2, -0.15) is 10.2 Å². The van der Waals surface area contributed by atoms with Crippen molar-refractivity contribution < 1.29 is 8.42 Å². The van der Waals surface area contributed by atoms with E-state index in [1.54, 1.807) is 26.0 Å². The number of anilines is 3. The van der Waals surface area contributed by atoms with Gasteiger partial charge in [0.2, 0.25) is 16.0 Å². The minimum Gasteiger partial charge on any atom is -0.366 e. The molecule has 1 aliphatic rings. The number of aromatic nitrogens is 2. The van der Waals surface area contributed by atoms with Gasteiger partial charge in [0.25, 0.3) is 0 Å². The zero-order valence-electron chi connectivity index (χ0n) is 16.0. The van der Waals surface area contributed by atoms with Crippen molar-refractivity contribution in [3.8, 4) is 6.07 Å². The molecule has 8 nitrogen and oxygen atoms in total. The topological polar surface area (TPSA) is 134 Å². The first-order valence-corrected chi connectivity index (χ1v) is 10.8. The van der Waals surface area contributed by atoms with Crippen molar-refractivity contribution in [1.29, 1.82) is 5.26 Å². The maximum Gasteiger partial charge on any atom is 0.238 e. The summed E-state index contributed by atoms with van der Waals surface area (Å²) in [5.41, 5.74) is 2.13. The van der Waals surface area contributed by atoms with E-state index in [0.29, 0.717) is 40.2 Å². The normalized spacial score (nSPS) is 15.1. The van der Waals surface area contributed by atoms with E-state index < -0.39 is 10.0 Å². The summed E-state index contributed by atoms with van der Waals surface area (Å²) in [7, 11) is -3.79. The molecule has 3 rings (SSSR count). The third-order valence-electron chi connectivity index (χ3n) is 4.86. The van der Waals surface area contributed by atoms with Gasteiger partial charge in [0.1, 0.15) is 17.5 Å². The number of rotatable bonds is 5. The Kier molecular flexibility index (Phi) is 5.82. The highest BCUT2D eigenvalue weighted by Crippen LogP contribution is 2.26. The van der Waals surface area contributed by atoms with Crippen molar-refractivity contribution in [3.63, 3.8) is 0 Å². The molecule has 0 radical (unpaired) electrons. The molecule has 0 saturated heterocycles. The summed E-state index contributed by atoms with van der Waals surface area (Å²) in [5, 5.41) is 21.1. The number of hydrogen-bond acceptors (Lipinski definition) is 7. The van der Waals surface area contributed by atoms with Crippen LogP contribution in [0.3, 0.4) is 0 Å². The summed E-state index contributed by atoms with van der Waals surface area (Å²) in [6, 6.07) is 5.80. The van der Waals surface area contributed by atoms with Crippen LogP contribution in [0.15, 0.2) is 23.2 Å². The van der Waals surface area contributed by atoms with Crippen molar-refractivity contribution in [3.05, 3.63) is 35.0 Å². The largest absolute Gasteiger partial charge is 0.366 e. The molecule has 148 valence electrons. The molecule has 0 spiro atoms. The van der Waals surface area contributed by atoms with Gasteiger partial charge in [0, 0.05) is 11.7 Å². The first-order valence-electron chi connectivity index (χ1n) is 9.22. The Balaban J connectivity index is 1.86. The van der Waals surface area contributed by atoms with Crippen LogP contribution >= 0.6 is 0 Å². The third kappa shape index (κ3) is 4.58. The molecule has 4 N–H and O–H groups in total. The molecule has 0 bridgehead atoms. The number of nitriles is 1. The Morgan fingerprint density at radius 1 is 1.18 bits per heavy atom. The molecule has 1 aromatic carbocycles. The van der Waals surface area contributed by atoms with E-state index in [1.165, 1.54) is 25.5 Å². The van der Waals surface area contributed by atoms with Crippen molar-refractivity contribution in [2.24, 2.45) is 5.14 Å². The Hall–Kier alpha value is -2.70. The van der Waals surface area contributed by atoms with E-state index in [-0.39, 0.29) is 4.90 Å². The van der Waals surface area contributed by atoms with Crippen LogP contribution in [0.5, 0.6) is 0 Å². The standard InChI is InChI=1S/C19H24N6O2S/c1-12-8-16(9-13(2)17(12)28(21,26)27)24-19-22-11-14(10-20)18(25-19)23-15-6-4-3-5-7-15/h8-9,11,15H,3-7H2,1-2H3,(H2,21,26,27)(H2,22,23,24,25). The zero-order valence-corrected chi connectivity index (χ0v) is 16.8. The molecule has 0 unspecified atom stereocenters. The summed E-state index contributed by atoms with van der Waals surface area (Å²) in [6.45, 7) is 3.38. The molecule has 0 aliphatic heterocycles. The van der Waals surface area contributed by atoms with Gasteiger partial charge in [0.15, 0.2) is 0 Å². The first-order chi connectivity index (χ1) is 13.3. The van der Waals surface area contributed by atoms with Crippen LogP contribution in [0.1, 0.15) is 48.8 Å². The van der Waals surface area contributed by atoms with Gasteiger partial charge in [-0.15, -0.1) is 0 Å². The fourth-order valence-electron chi connectivity index (χ4n) is 3.67. The van der Waals surface area contributed by atoms with Crippen molar-refractivity contribution in [1.82, 2.24) is 9.97 Å². The van der Waals surface area contributed by atoms with Crippen LogP contribution in [0, 0.1) is 25.2 Å². The second kappa shape index (κ2) is 8.12. The lowest BCUT2D eigenvalue weighted by molar-refractivity contribution is 0.462. The average molecular weight is 401 g/mol. The Bertz CT molecular complexity index is 1000. The Morgan fingerprint density at radius 3 is 2.39 bits per heavy atom.